The van der Waals surface area contributed by atoms with E-state index in [1.807, 2.05) is 0 Å². The molecular weight excluding hydrogens is 242 g/mol. The van der Waals surface area contributed by atoms with Gasteiger partial charge in [-0.25, -0.2) is 0 Å². The van der Waals surface area contributed by atoms with Gasteiger partial charge in [-0.05, 0) is 37.8 Å². The first kappa shape index (κ1) is 16.0. The van der Waals surface area contributed by atoms with Gasteiger partial charge in [-0.2, -0.15) is 0 Å². The third-order valence-electron chi connectivity index (χ3n) is 3.93. The normalized spacial score (nSPS) is 20.7. The smallest absolute Gasteiger partial charge is 0.241 e. The summed E-state index contributed by atoms with van der Waals surface area (Å²) in [6, 6.07) is 0. The summed E-state index contributed by atoms with van der Waals surface area (Å²) in [7, 11) is 5.11. The standard InChI is InChI=1S/C14H27N3O2/c1-11(12-6-5-7-15-9-12)8-13(18)17(4)10-14(19)16(2)3/h11-12,15H,5-10H2,1-4H3. The van der Waals surface area contributed by atoms with Crippen LogP contribution in [0.4, 0.5) is 0 Å². The molecule has 0 aromatic carbocycles. The van der Waals surface area contributed by atoms with Crippen molar-refractivity contribution in [1.29, 1.82) is 0 Å². The molecule has 0 bridgehead atoms. The Morgan fingerprint density at radius 1 is 1.26 bits per heavy atom. The number of likely N-dealkylation sites (N-methyl/N-ethyl adjacent to an activating group) is 2. The average Bonchev–Trinajstić information content (AvgIpc) is 2.39. The maximum atomic E-state index is 12.1. The Balaban J connectivity index is 2.38. The molecule has 0 saturated carbocycles. The van der Waals surface area contributed by atoms with Crippen molar-refractivity contribution < 1.29 is 9.59 Å². The van der Waals surface area contributed by atoms with E-state index in [1.54, 1.807) is 21.1 Å². The van der Waals surface area contributed by atoms with Gasteiger partial charge in [-0.1, -0.05) is 6.92 Å². The minimum atomic E-state index is -0.0390. The molecule has 19 heavy (non-hydrogen) atoms. The lowest BCUT2D eigenvalue weighted by Crippen LogP contribution is -2.40. The van der Waals surface area contributed by atoms with E-state index in [1.165, 1.54) is 22.6 Å². The zero-order valence-corrected chi connectivity index (χ0v) is 12.6. The van der Waals surface area contributed by atoms with Crippen molar-refractivity contribution in [1.82, 2.24) is 15.1 Å². The number of hydrogen-bond acceptors (Lipinski definition) is 3. The van der Waals surface area contributed by atoms with Gasteiger partial charge in [0, 0.05) is 27.6 Å². The molecule has 110 valence electrons. The van der Waals surface area contributed by atoms with E-state index in [2.05, 4.69) is 12.2 Å². The SMILES string of the molecule is CC(CC(=O)N(C)CC(=O)N(C)C)C1CCCNC1. The first-order valence-corrected chi connectivity index (χ1v) is 7.06. The molecule has 0 radical (unpaired) electrons. The first-order valence-electron chi connectivity index (χ1n) is 7.06. The van der Waals surface area contributed by atoms with Crippen LogP contribution in [0.2, 0.25) is 0 Å². The Morgan fingerprint density at radius 2 is 1.95 bits per heavy atom. The second kappa shape index (κ2) is 7.48. The van der Waals surface area contributed by atoms with E-state index in [-0.39, 0.29) is 18.4 Å². The third-order valence-corrected chi connectivity index (χ3v) is 3.93. The largest absolute Gasteiger partial charge is 0.347 e. The lowest BCUT2D eigenvalue weighted by molar-refractivity contribution is -0.138. The van der Waals surface area contributed by atoms with Crippen molar-refractivity contribution >= 4 is 11.8 Å². The van der Waals surface area contributed by atoms with Crippen LogP contribution in [-0.2, 0) is 9.59 Å². The van der Waals surface area contributed by atoms with Crippen molar-refractivity contribution in [2.75, 3.05) is 40.8 Å². The second-order valence-electron chi connectivity index (χ2n) is 5.83. The van der Waals surface area contributed by atoms with Gasteiger partial charge in [0.25, 0.3) is 0 Å². The van der Waals surface area contributed by atoms with Crippen LogP contribution >= 0.6 is 0 Å². The van der Waals surface area contributed by atoms with Crippen LogP contribution in [-0.4, -0.2) is 62.4 Å². The van der Waals surface area contributed by atoms with Crippen LogP contribution in [0.25, 0.3) is 0 Å². The fourth-order valence-electron chi connectivity index (χ4n) is 2.39. The van der Waals surface area contributed by atoms with E-state index >= 15 is 0 Å². The summed E-state index contributed by atoms with van der Waals surface area (Å²) in [6.07, 6.45) is 2.92. The summed E-state index contributed by atoms with van der Waals surface area (Å²) in [6.45, 7) is 4.40. The highest BCUT2D eigenvalue weighted by Crippen LogP contribution is 2.22. The van der Waals surface area contributed by atoms with Crippen molar-refractivity contribution in [2.45, 2.75) is 26.2 Å². The molecule has 1 aliphatic rings. The molecule has 0 spiro atoms. The molecule has 1 saturated heterocycles. The molecule has 1 aliphatic heterocycles. The molecule has 0 aliphatic carbocycles. The van der Waals surface area contributed by atoms with Crippen LogP contribution in [0.15, 0.2) is 0 Å². The lowest BCUT2D eigenvalue weighted by Gasteiger charge is -2.29. The number of carbonyl (C=O) groups excluding carboxylic acids is 2. The molecule has 1 rings (SSSR count). The molecule has 2 atom stereocenters. The number of hydrogen-bond donors (Lipinski definition) is 1. The zero-order chi connectivity index (χ0) is 14.4. The Morgan fingerprint density at radius 3 is 2.47 bits per heavy atom. The lowest BCUT2D eigenvalue weighted by atomic mass is 9.85. The van der Waals surface area contributed by atoms with E-state index in [0.29, 0.717) is 18.3 Å². The summed E-state index contributed by atoms with van der Waals surface area (Å²) in [5, 5.41) is 3.38. The highest BCUT2D eigenvalue weighted by atomic mass is 16.2. The molecule has 2 amide bonds. The minimum absolute atomic E-state index is 0.0390. The van der Waals surface area contributed by atoms with Gasteiger partial charge >= 0.3 is 0 Å². The third kappa shape index (κ3) is 5.19. The molecule has 5 heteroatoms. The fourth-order valence-corrected chi connectivity index (χ4v) is 2.39. The van der Waals surface area contributed by atoms with E-state index in [4.69, 9.17) is 0 Å². The number of nitrogens with zero attached hydrogens (tertiary/aromatic N) is 2. The van der Waals surface area contributed by atoms with E-state index in [9.17, 15) is 9.59 Å². The Bertz CT molecular complexity index is 312. The van der Waals surface area contributed by atoms with Crippen LogP contribution in [0.3, 0.4) is 0 Å². The van der Waals surface area contributed by atoms with Crippen molar-refractivity contribution in [2.24, 2.45) is 11.8 Å². The maximum absolute atomic E-state index is 12.1. The second-order valence-corrected chi connectivity index (χ2v) is 5.83. The van der Waals surface area contributed by atoms with Crippen molar-refractivity contribution in [3.05, 3.63) is 0 Å². The first-order chi connectivity index (χ1) is 8.91. The van der Waals surface area contributed by atoms with Gasteiger partial charge in [0.1, 0.15) is 0 Å². The van der Waals surface area contributed by atoms with Gasteiger partial charge in [0.05, 0.1) is 6.54 Å². The molecule has 1 heterocycles. The molecule has 0 aromatic rings. The number of piperidine rings is 1. The average molecular weight is 269 g/mol. The van der Waals surface area contributed by atoms with E-state index in [0.717, 1.165) is 13.1 Å². The number of nitrogens with one attached hydrogen (secondary N) is 1. The number of rotatable bonds is 5. The van der Waals surface area contributed by atoms with E-state index < -0.39 is 0 Å². The Labute approximate surface area is 116 Å². The molecule has 1 fully saturated rings. The number of carbonyl (C=O) groups is 2. The van der Waals surface area contributed by atoms with Crippen LogP contribution in [0.5, 0.6) is 0 Å². The monoisotopic (exact) mass is 269 g/mol. The van der Waals surface area contributed by atoms with Crippen LogP contribution in [0, 0.1) is 11.8 Å². The van der Waals surface area contributed by atoms with Gasteiger partial charge in [-0.15, -0.1) is 0 Å². The Hall–Kier alpha value is -1.10. The molecule has 2 unspecified atom stereocenters. The summed E-state index contributed by atoms with van der Waals surface area (Å²) < 4.78 is 0. The van der Waals surface area contributed by atoms with Gasteiger partial charge < -0.3 is 15.1 Å². The highest BCUT2D eigenvalue weighted by molar-refractivity contribution is 5.84. The van der Waals surface area contributed by atoms with Gasteiger partial charge in [0.15, 0.2) is 0 Å². The van der Waals surface area contributed by atoms with Gasteiger partial charge in [0.2, 0.25) is 11.8 Å². The molecule has 5 nitrogen and oxygen atoms in total. The highest BCUT2D eigenvalue weighted by Gasteiger charge is 2.24. The summed E-state index contributed by atoms with van der Waals surface area (Å²) in [4.78, 5) is 26.7. The van der Waals surface area contributed by atoms with Crippen molar-refractivity contribution in [3.8, 4) is 0 Å². The number of amides is 2. The zero-order valence-electron chi connectivity index (χ0n) is 12.6. The summed E-state index contributed by atoms with van der Waals surface area (Å²) in [5.74, 6) is 0.976. The van der Waals surface area contributed by atoms with Crippen LogP contribution < -0.4 is 5.32 Å². The minimum Gasteiger partial charge on any atom is -0.347 e. The fraction of sp³-hybridized carbons (Fsp3) is 0.857. The maximum Gasteiger partial charge on any atom is 0.241 e. The molecule has 1 N–H and O–H groups in total. The predicted molar refractivity (Wildman–Crippen MR) is 75.7 cm³/mol. The molecule has 0 aromatic heterocycles. The van der Waals surface area contributed by atoms with Crippen molar-refractivity contribution in [3.63, 3.8) is 0 Å². The summed E-state index contributed by atoms with van der Waals surface area (Å²) in [5.41, 5.74) is 0. The van der Waals surface area contributed by atoms with Gasteiger partial charge in [-0.3, -0.25) is 9.59 Å². The van der Waals surface area contributed by atoms with Crippen LogP contribution in [0.1, 0.15) is 26.2 Å². The Kier molecular flexibility index (Phi) is 6.28. The predicted octanol–water partition coefficient (Wildman–Crippen LogP) is 0.559. The topological polar surface area (TPSA) is 52.7 Å². The quantitative estimate of drug-likeness (QED) is 0.793. The molecular formula is C14H27N3O2. The summed E-state index contributed by atoms with van der Waals surface area (Å²) >= 11 is 0.